The van der Waals surface area contributed by atoms with E-state index in [1.165, 1.54) is 41.6 Å². The first-order valence-electron chi connectivity index (χ1n) is 7.99. The first-order chi connectivity index (χ1) is 12.3. The van der Waals surface area contributed by atoms with E-state index in [-0.39, 0.29) is 49.8 Å². The van der Waals surface area contributed by atoms with Gasteiger partial charge in [-0.25, -0.2) is 8.42 Å². The fourth-order valence-electron chi connectivity index (χ4n) is 2.67. The monoisotopic (exact) mass is 385 g/mol. The van der Waals surface area contributed by atoms with Crippen LogP contribution in [-0.2, 0) is 19.6 Å². The van der Waals surface area contributed by atoms with E-state index < -0.39 is 16.0 Å². The molecule has 0 N–H and O–H groups in total. The number of methoxy groups -OCH3 is 2. The van der Waals surface area contributed by atoms with Crippen LogP contribution in [0.2, 0.25) is 0 Å². The number of ether oxygens (including phenoxy) is 2. The molecular weight excluding hydrogens is 364 g/mol. The van der Waals surface area contributed by atoms with E-state index in [1.807, 2.05) is 0 Å². The van der Waals surface area contributed by atoms with Crippen molar-refractivity contribution in [1.29, 1.82) is 0 Å². The summed E-state index contributed by atoms with van der Waals surface area (Å²) in [6.45, 7) is 0.679. The van der Waals surface area contributed by atoms with Crippen LogP contribution in [0.15, 0.2) is 23.1 Å². The van der Waals surface area contributed by atoms with Gasteiger partial charge in [0.1, 0.15) is 0 Å². The number of hydrogen-bond donors (Lipinski definition) is 0. The van der Waals surface area contributed by atoms with Crippen LogP contribution in [0.3, 0.4) is 0 Å². The Bertz CT molecular complexity index is 771. The summed E-state index contributed by atoms with van der Waals surface area (Å²) >= 11 is 0. The standard InChI is InChI=1S/C16H22N2O7S/c1-24-13-4-3-12(11-14(13)25-2)26(22,23)18-9-7-17(8-10-18)15(19)5-6-16(20)21/h3-4,11H,5-10H2,1-2H3,(H,20,21)/p-1. The fraction of sp³-hybridized carbons (Fsp3) is 0.500. The zero-order chi connectivity index (χ0) is 19.3. The number of carboxylic acid groups (broad SMARTS) is 1. The van der Waals surface area contributed by atoms with Crippen LogP contribution < -0.4 is 14.6 Å². The summed E-state index contributed by atoms with van der Waals surface area (Å²) in [5, 5.41) is 10.4. The number of nitrogens with zero attached hydrogens (tertiary/aromatic N) is 2. The van der Waals surface area contributed by atoms with Gasteiger partial charge in [0.05, 0.1) is 19.1 Å². The number of piperazine rings is 1. The minimum Gasteiger partial charge on any atom is -0.550 e. The summed E-state index contributed by atoms with van der Waals surface area (Å²) in [4.78, 5) is 23.9. The second-order valence-electron chi connectivity index (χ2n) is 5.67. The highest BCUT2D eigenvalue weighted by Gasteiger charge is 2.30. The molecule has 0 aliphatic carbocycles. The minimum atomic E-state index is -3.74. The van der Waals surface area contributed by atoms with Crippen LogP contribution in [0, 0.1) is 0 Å². The van der Waals surface area contributed by atoms with E-state index in [0.717, 1.165) is 0 Å². The molecule has 1 heterocycles. The lowest BCUT2D eigenvalue weighted by Crippen LogP contribution is -2.50. The van der Waals surface area contributed by atoms with Crippen molar-refractivity contribution >= 4 is 21.9 Å². The zero-order valence-corrected chi connectivity index (χ0v) is 15.5. The molecule has 144 valence electrons. The topological polar surface area (TPSA) is 116 Å². The lowest BCUT2D eigenvalue weighted by Gasteiger charge is -2.34. The predicted octanol–water partition coefficient (Wildman–Crippen LogP) is -0.933. The van der Waals surface area contributed by atoms with E-state index in [2.05, 4.69) is 0 Å². The predicted molar refractivity (Wildman–Crippen MR) is 89.1 cm³/mol. The quantitative estimate of drug-likeness (QED) is 0.595. The van der Waals surface area contributed by atoms with Gasteiger partial charge in [-0.15, -0.1) is 0 Å². The lowest BCUT2D eigenvalue weighted by molar-refractivity contribution is -0.305. The maximum atomic E-state index is 12.8. The highest BCUT2D eigenvalue weighted by Crippen LogP contribution is 2.30. The molecule has 1 aromatic rings. The Labute approximate surface area is 152 Å². The molecule has 1 fully saturated rings. The number of aliphatic carboxylic acids is 1. The zero-order valence-electron chi connectivity index (χ0n) is 14.6. The van der Waals surface area contributed by atoms with Gasteiger partial charge in [0, 0.05) is 44.6 Å². The van der Waals surface area contributed by atoms with E-state index in [4.69, 9.17) is 9.47 Å². The normalized spacial score (nSPS) is 15.5. The number of benzene rings is 1. The lowest BCUT2D eigenvalue weighted by atomic mass is 10.2. The number of carboxylic acids is 1. The summed E-state index contributed by atoms with van der Waals surface area (Å²) in [5.74, 6) is -0.871. The van der Waals surface area contributed by atoms with Crippen molar-refractivity contribution in [2.75, 3.05) is 40.4 Å². The maximum absolute atomic E-state index is 12.8. The van der Waals surface area contributed by atoms with Crippen molar-refractivity contribution in [2.24, 2.45) is 0 Å². The van der Waals surface area contributed by atoms with Crippen LogP contribution >= 0.6 is 0 Å². The summed E-state index contributed by atoms with van der Waals surface area (Å²) in [6.07, 6.45) is -0.492. The fourth-order valence-corrected chi connectivity index (χ4v) is 4.11. The molecule has 1 aliphatic rings. The molecule has 1 saturated heterocycles. The van der Waals surface area contributed by atoms with E-state index in [9.17, 15) is 23.1 Å². The number of carbonyl (C=O) groups is 2. The molecule has 10 heteroatoms. The van der Waals surface area contributed by atoms with Gasteiger partial charge in [0.2, 0.25) is 15.9 Å². The molecule has 0 saturated carbocycles. The highest BCUT2D eigenvalue weighted by atomic mass is 32.2. The Morgan fingerprint density at radius 1 is 1.04 bits per heavy atom. The first-order valence-corrected chi connectivity index (χ1v) is 9.43. The van der Waals surface area contributed by atoms with E-state index >= 15 is 0 Å². The van der Waals surface area contributed by atoms with Gasteiger partial charge in [0.25, 0.3) is 0 Å². The maximum Gasteiger partial charge on any atom is 0.243 e. The van der Waals surface area contributed by atoms with Gasteiger partial charge in [0.15, 0.2) is 11.5 Å². The molecular formula is C16H21N2O7S-. The molecule has 9 nitrogen and oxygen atoms in total. The Kier molecular flexibility index (Phi) is 6.43. The number of rotatable bonds is 7. The van der Waals surface area contributed by atoms with Crippen LogP contribution in [-0.4, -0.2) is 69.9 Å². The number of carbonyl (C=O) groups excluding carboxylic acids is 2. The van der Waals surface area contributed by atoms with Crippen molar-refractivity contribution in [2.45, 2.75) is 17.7 Å². The molecule has 1 aromatic carbocycles. The van der Waals surface area contributed by atoms with Gasteiger partial charge in [-0.1, -0.05) is 0 Å². The number of sulfonamides is 1. The molecule has 1 amide bonds. The Balaban J connectivity index is 2.06. The van der Waals surface area contributed by atoms with Gasteiger partial charge < -0.3 is 24.3 Å². The van der Waals surface area contributed by atoms with Crippen LogP contribution in [0.4, 0.5) is 0 Å². The van der Waals surface area contributed by atoms with Crippen molar-refractivity contribution < 1.29 is 32.6 Å². The molecule has 0 radical (unpaired) electrons. The Morgan fingerprint density at radius 2 is 1.65 bits per heavy atom. The van der Waals surface area contributed by atoms with Gasteiger partial charge in [-0.2, -0.15) is 4.31 Å². The molecule has 0 unspecified atom stereocenters. The molecule has 0 bridgehead atoms. The van der Waals surface area contributed by atoms with Gasteiger partial charge in [-0.05, 0) is 18.6 Å². The molecule has 0 spiro atoms. The van der Waals surface area contributed by atoms with E-state index in [1.54, 1.807) is 0 Å². The second kappa shape index (κ2) is 8.37. The van der Waals surface area contributed by atoms with Crippen molar-refractivity contribution in [3.63, 3.8) is 0 Å². The molecule has 26 heavy (non-hydrogen) atoms. The SMILES string of the molecule is COc1ccc(S(=O)(=O)N2CCN(C(=O)CCC(=O)[O-])CC2)cc1OC. The van der Waals surface area contributed by atoms with Crippen molar-refractivity contribution in [1.82, 2.24) is 9.21 Å². The summed E-state index contributed by atoms with van der Waals surface area (Å²) in [7, 11) is -0.856. The van der Waals surface area contributed by atoms with Gasteiger partial charge in [-0.3, -0.25) is 4.79 Å². The third-order valence-corrected chi connectivity index (χ3v) is 6.02. The van der Waals surface area contributed by atoms with E-state index in [0.29, 0.717) is 11.5 Å². The Hall–Kier alpha value is -2.33. The largest absolute Gasteiger partial charge is 0.550 e. The second-order valence-corrected chi connectivity index (χ2v) is 7.61. The average Bonchev–Trinajstić information content (AvgIpc) is 2.65. The third kappa shape index (κ3) is 4.44. The van der Waals surface area contributed by atoms with Crippen LogP contribution in [0.25, 0.3) is 0 Å². The van der Waals surface area contributed by atoms with Crippen LogP contribution in [0.5, 0.6) is 11.5 Å². The van der Waals surface area contributed by atoms with Gasteiger partial charge >= 0.3 is 0 Å². The third-order valence-electron chi connectivity index (χ3n) is 4.13. The number of hydrogen-bond acceptors (Lipinski definition) is 7. The van der Waals surface area contributed by atoms with Crippen molar-refractivity contribution in [3.05, 3.63) is 18.2 Å². The summed E-state index contributed by atoms with van der Waals surface area (Å²) in [5.41, 5.74) is 0. The van der Waals surface area contributed by atoms with Crippen LogP contribution in [0.1, 0.15) is 12.8 Å². The molecule has 1 aliphatic heterocycles. The smallest absolute Gasteiger partial charge is 0.243 e. The minimum absolute atomic E-state index is 0.0758. The average molecular weight is 385 g/mol. The van der Waals surface area contributed by atoms with Crippen molar-refractivity contribution in [3.8, 4) is 11.5 Å². The summed E-state index contributed by atoms with van der Waals surface area (Å²) in [6, 6.07) is 4.35. The summed E-state index contributed by atoms with van der Waals surface area (Å²) < 4.78 is 37.1. The Morgan fingerprint density at radius 3 is 2.19 bits per heavy atom. The molecule has 0 atom stereocenters. The molecule has 0 aromatic heterocycles. The highest BCUT2D eigenvalue weighted by molar-refractivity contribution is 7.89. The molecule has 2 rings (SSSR count). The first kappa shape index (κ1) is 20.0. The number of amides is 1.